The number of fused-ring (bicyclic) bond motifs is 1. The molecule has 2 saturated carbocycles. The first-order chi connectivity index (χ1) is 15.3. The van der Waals surface area contributed by atoms with Gasteiger partial charge in [-0.15, -0.1) is 0 Å². The van der Waals surface area contributed by atoms with Crippen molar-refractivity contribution in [1.29, 1.82) is 0 Å². The fourth-order valence-electron chi connectivity index (χ4n) is 5.86. The smallest absolute Gasteiger partial charge is 0.333 e. The average molecular weight is 464 g/mol. The van der Waals surface area contributed by atoms with Gasteiger partial charge in [-0.2, -0.15) is 0 Å². The molecule has 0 spiro atoms. The van der Waals surface area contributed by atoms with Crippen LogP contribution in [0.15, 0.2) is 23.8 Å². The van der Waals surface area contributed by atoms with Gasteiger partial charge in [-0.3, -0.25) is 19.2 Å². The van der Waals surface area contributed by atoms with Crippen molar-refractivity contribution >= 4 is 29.7 Å². The highest BCUT2D eigenvalue weighted by Crippen LogP contribution is 2.62. The zero-order valence-electron chi connectivity index (χ0n) is 18.9. The van der Waals surface area contributed by atoms with E-state index in [0.717, 1.165) is 13.0 Å². The van der Waals surface area contributed by atoms with Crippen LogP contribution in [0.25, 0.3) is 0 Å². The van der Waals surface area contributed by atoms with Gasteiger partial charge < -0.3 is 24.4 Å². The van der Waals surface area contributed by atoms with Crippen molar-refractivity contribution in [2.45, 2.75) is 52.4 Å². The van der Waals surface area contributed by atoms with Crippen molar-refractivity contribution in [2.24, 2.45) is 28.6 Å². The molecule has 0 saturated heterocycles. The van der Waals surface area contributed by atoms with E-state index in [2.05, 4.69) is 4.74 Å². The molecule has 2 aliphatic carbocycles. The van der Waals surface area contributed by atoms with E-state index in [-0.39, 0.29) is 24.8 Å². The molecule has 2 N–H and O–H groups in total. The Hall–Kier alpha value is -3.01. The molecule has 0 aromatic carbocycles. The highest BCUT2D eigenvalue weighted by molar-refractivity contribution is 5.93. The number of aliphatic hydroxyl groups is 1. The summed E-state index contributed by atoms with van der Waals surface area (Å²) in [6, 6.07) is 0. The van der Waals surface area contributed by atoms with E-state index in [4.69, 9.17) is 9.47 Å². The van der Waals surface area contributed by atoms with E-state index in [1.165, 1.54) is 19.3 Å². The minimum atomic E-state index is -1.51. The number of carboxylic acid groups (broad SMARTS) is 1. The van der Waals surface area contributed by atoms with Gasteiger partial charge in [-0.25, -0.2) is 4.79 Å². The van der Waals surface area contributed by atoms with Crippen LogP contribution < -0.4 is 0 Å². The van der Waals surface area contributed by atoms with Crippen LogP contribution in [0, 0.1) is 28.6 Å². The van der Waals surface area contributed by atoms with E-state index in [1.807, 2.05) is 0 Å². The fourth-order valence-corrected chi connectivity index (χ4v) is 5.86. The van der Waals surface area contributed by atoms with Gasteiger partial charge in [0.05, 0.1) is 18.9 Å². The Balaban J connectivity index is 2.15. The summed E-state index contributed by atoms with van der Waals surface area (Å²) in [6.45, 7) is 4.50. The van der Waals surface area contributed by atoms with Gasteiger partial charge in [0.25, 0.3) is 0 Å². The molecule has 10 nitrogen and oxygen atoms in total. The maximum atomic E-state index is 13.7. The lowest BCUT2D eigenvalue weighted by atomic mass is 9.44. The first kappa shape index (κ1) is 24.6. The number of carbonyl (C=O) groups excluding carboxylic acids is 4. The molecule has 7 atom stereocenters. The number of hydrogen-bond acceptors (Lipinski definition) is 9. The Morgan fingerprint density at radius 1 is 1.21 bits per heavy atom. The Bertz CT molecular complexity index is 949. The van der Waals surface area contributed by atoms with Crippen molar-refractivity contribution in [3.8, 4) is 0 Å². The quantitative estimate of drug-likeness (QED) is 0.447. The lowest BCUT2D eigenvalue weighted by Crippen LogP contribution is -2.63. The number of carbonyl (C=O) groups is 5. The van der Waals surface area contributed by atoms with Crippen molar-refractivity contribution in [2.75, 3.05) is 7.11 Å². The number of ketones is 1. The minimum Gasteiger partial charge on any atom is -0.481 e. The molecule has 0 aromatic rings. The van der Waals surface area contributed by atoms with Crippen molar-refractivity contribution < 1.29 is 48.4 Å². The second-order valence-electron chi connectivity index (χ2n) is 9.31. The van der Waals surface area contributed by atoms with Crippen molar-refractivity contribution in [3.63, 3.8) is 0 Å². The van der Waals surface area contributed by atoms with Gasteiger partial charge in [0.15, 0.2) is 11.9 Å². The van der Waals surface area contributed by atoms with Crippen LogP contribution in [0.4, 0.5) is 0 Å². The monoisotopic (exact) mass is 464 g/mol. The molecule has 3 rings (SSSR count). The molecule has 0 unspecified atom stereocenters. The number of methoxy groups -OCH3 is 1. The van der Waals surface area contributed by atoms with Crippen LogP contribution in [0.3, 0.4) is 0 Å². The third kappa shape index (κ3) is 4.19. The number of esters is 3. The first-order valence-corrected chi connectivity index (χ1v) is 10.7. The molecule has 180 valence electrons. The Morgan fingerprint density at radius 2 is 1.88 bits per heavy atom. The molecule has 0 bridgehead atoms. The highest BCUT2D eigenvalue weighted by atomic mass is 16.6. The third-order valence-electron chi connectivity index (χ3n) is 7.38. The molecule has 1 heterocycles. The molecule has 1 aliphatic heterocycles. The summed E-state index contributed by atoms with van der Waals surface area (Å²) >= 11 is 0. The van der Waals surface area contributed by atoms with Gasteiger partial charge in [0, 0.05) is 36.3 Å². The van der Waals surface area contributed by atoms with Crippen molar-refractivity contribution in [3.05, 3.63) is 23.8 Å². The summed E-state index contributed by atoms with van der Waals surface area (Å²) in [5, 5.41) is 19.9. The number of carboxylic acids is 1. The Morgan fingerprint density at radius 3 is 2.39 bits per heavy atom. The largest absolute Gasteiger partial charge is 0.481 e. The summed E-state index contributed by atoms with van der Waals surface area (Å²) in [5.41, 5.74) is -2.20. The highest BCUT2D eigenvalue weighted by Gasteiger charge is 2.65. The average Bonchev–Trinajstić information content (AvgIpc) is 3.04. The summed E-state index contributed by atoms with van der Waals surface area (Å²) in [7, 11) is 1.23. The number of aliphatic carboxylic acids is 1. The second kappa shape index (κ2) is 8.74. The number of hydrogen-bond donors (Lipinski definition) is 2. The van der Waals surface area contributed by atoms with Crippen molar-refractivity contribution in [1.82, 2.24) is 0 Å². The second-order valence-corrected chi connectivity index (χ2v) is 9.31. The standard InChI is InChI=1S/C23H28O10/c1-11(24)32-15-10-14(21(30)31-4)23(3)8-6-13(19(27)28)22(2,18(23)17(15)26)7-5-12-9-16(25)33-20(12)29/h5,7,9,13-15,18,20,29H,6,8,10H2,1-4H3,(H,27,28)/b7-5+/t13-,14-,15-,18+,20+,22+,23-/m0/s1. The summed E-state index contributed by atoms with van der Waals surface area (Å²) < 4.78 is 14.9. The Kier molecular flexibility index (Phi) is 6.52. The first-order valence-electron chi connectivity index (χ1n) is 10.7. The minimum absolute atomic E-state index is 0.0537. The molecule has 0 amide bonds. The zero-order chi connectivity index (χ0) is 24.7. The van der Waals surface area contributed by atoms with E-state index in [1.54, 1.807) is 13.8 Å². The van der Waals surface area contributed by atoms with Crippen LogP contribution >= 0.6 is 0 Å². The maximum Gasteiger partial charge on any atom is 0.333 e. The summed E-state index contributed by atoms with van der Waals surface area (Å²) in [4.78, 5) is 61.7. The molecular formula is C23H28O10. The van der Waals surface area contributed by atoms with Gasteiger partial charge >= 0.3 is 23.9 Å². The maximum absolute atomic E-state index is 13.7. The predicted molar refractivity (Wildman–Crippen MR) is 110 cm³/mol. The van der Waals surface area contributed by atoms with E-state index in [0.29, 0.717) is 0 Å². The number of aliphatic hydroxyl groups excluding tert-OH is 1. The molecular weight excluding hydrogens is 436 g/mol. The number of cyclic esters (lactones) is 1. The van der Waals surface area contributed by atoms with E-state index >= 15 is 0 Å². The van der Waals surface area contributed by atoms with Gasteiger partial charge in [0.1, 0.15) is 0 Å². The van der Waals surface area contributed by atoms with Gasteiger partial charge in [0.2, 0.25) is 6.29 Å². The molecule has 10 heteroatoms. The fraction of sp³-hybridized carbons (Fsp3) is 0.609. The molecule has 3 aliphatic rings. The van der Waals surface area contributed by atoms with Crippen LogP contribution in [0.1, 0.15) is 40.0 Å². The van der Waals surface area contributed by atoms with Crippen LogP contribution in [0.2, 0.25) is 0 Å². The van der Waals surface area contributed by atoms with Crippen LogP contribution in [0.5, 0.6) is 0 Å². The SMILES string of the molecule is COC(=O)[C@@H]1C[C@H](OC(C)=O)C(=O)[C@@H]2[C@](C)(/C=C/C3=CC(=O)O[C@H]3O)[C@H](C(=O)O)CC[C@]21C. The number of Topliss-reactive ketones (excluding diaryl/α,β-unsaturated/α-hetero) is 1. The van der Waals surface area contributed by atoms with Crippen LogP contribution in [-0.4, -0.2) is 59.4 Å². The number of rotatable bonds is 5. The summed E-state index contributed by atoms with van der Waals surface area (Å²) in [5.74, 6) is -6.45. The number of allylic oxidation sites excluding steroid dienone is 1. The normalized spacial score (nSPS) is 38.3. The van der Waals surface area contributed by atoms with Gasteiger partial charge in [-0.1, -0.05) is 26.0 Å². The summed E-state index contributed by atoms with van der Waals surface area (Å²) in [6.07, 6.45) is 1.58. The molecule has 0 aromatic heterocycles. The Labute approximate surface area is 190 Å². The topological polar surface area (TPSA) is 154 Å². The molecule has 33 heavy (non-hydrogen) atoms. The predicted octanol–water partition coefficient (Wildman–Crippen LogP) is 1.16. The zero-order valence-corrected chi connectivity index (χ0v) is 18.9. The molecule has 2 fully saturated rings. The number of ether oxygens (including phenoxy) is 3. The lowest BCUT2D eigenvalue weighted by molar-refractivity contribution is -0.188. The van der Waals surface area contributed by atoms with E-state index < -0.39 is 70.6 Å². The van der Waals surface area contributed by atoms with E-state index in [9.17, 15) is 34.2 Å². The third-order valence-corrected chi connectivity index (χ3v) is 7.38. The molecule has 0 radical (unpaired) electrons. The van der Waals surface area contributed by atoms with Gasteiger partial charge in [-0.05, 0) is 18.3 Å². The lowest BCUT2D eigenvalue weighted by Gasteiger charge is -2.58. The van der Waals surface area contributed by atoms with Crippen LogP contribution in [-0.2, 0) is 38.2 Å².